The van der Waals surface area contributed by atoms with Gasteiger partial charge in [-0.25, -0.2) is 0 Å². The average Bonchev–Trinajstić information content (AvgIpc) is 2.45. The Balaban J connectivity index is -0.0000000698. The van der Waals surface area contributed by atoms with Gasteiger partial charge in [0.1, 0.15) is 6.29 Å². The lowest BCUT2D eigenvalue weighted by molar-refractivity contribution is -0.130. The first-order valence-corrected chi connectivity index (χ1v) is 7.73. The molecule has 0 aromatic rings. The summed E-state index contributed by atoms with van der Waals surface area (Å²) in [5.74, 6) is -1.13. The Hall–Kier alpha value is -1.19. The van der Waals surface area contributed by atoms with E-state index in [0.717, 1.165) is 0 Å². The first-order valence-electron chi connectivity index (χ1n) is 7.73. The molecule has 0 saturated heterocycles. The average molecular weight is 291 g/mol. The van der Waals surface area contributed by atoms with E-state index in [1.807, 2.05) is 41.5 Å². The SMILES string of the molecule is CC.CC.CC.CC(=O)NC(=O)CC(C)C=O.CCC. The lowest BCUT2D eigenvalue weighted by Gasteiger charge is -2.01. The monoisotopic (exact) mass is 291 g/mol. The third-order valence-corrected chi connectivity index (χ3v) is 1.06. The highest BCUT2D eigenvalue weighted by Gasteiger charge is 2.08. The van der Waals surface area contributed by atoms with E-state index in [-0.39, 0.29) is 12.3 Å². The van der Waals surface area contributed by atoms with Crippen LogP contribution in [0.3, 0.4) is 0 Å². The molecule has 1 atom stereocenters. The van der Waals surface area contributed by atoms with Crippen LogP contribution in [0.1, 0.15) is 82.1 Å². The number of hydrogen-bond donors (Lipinski definition) is 1. The summed E-state index contributed by atoms with van der Waals surface area (Å²) in [7, 11) is 0. The Kier molecular flexibility index (Phi) is 56.4. The molecule has 0 radical (unpaired) electrons. The summed E-state index contributed by atoms with van der Waals surface area (Å²) in [5.41, 5.74) is 0. The molecule has 0 aromatic heterocycles. The van der Waals surface area contributed by atoms with Gasteiger partial charge in [-0.15, -0.1) is 0 Å². The summed E-state index contributed by atoms with van der Waals surface area (Å²) in [4.78, 5) is 31.1. The molecule has 1 unspecified atom stereocenters. The van der Waals surface area contributed by atoms with Crippen LogP contribution in [0.2, 0.25) is 0 Å². The number of imide groups is 1. The summed E-state index contributed by atoms with van der Waals surface area (Å²) >= 11 is 0. The van der Waals surface area contributed by atoms with Crippen molar-refractivity contribution in [2.24, 2.45) is 5.92 Å². The van der Waals surface area contributed by atoms with E-state index in [0.29, 0.717) is 6.29 Å². The zero-order valence-electron chi connectivity index (χ0n) is 15.3. The molecule has 0 aliphatic rings. The van der Waals surface area contributed by atoms with Gasteiger partial charge in [0.2, 0.25) is 11.8 Å². The predicted octanol–water partition coefficient (Wildman–Crippen LogP) is 4.37. The minimum atomic E-state index is -0.405. The van der Waals surface area contributed by atoms with E-state index in [2.05, 4.69) is 19.2 Å². The number of nitrogens with one attached hydrogen (secondary N) is 1. The molecule has 4 nitrogen and oxygen atoms in total. The second-order valence-electron chi connectivity index (χ2n) is 3.13. The van der Waals surface area contributed by atoms with Crippen molar-refractivity contribution in [1.29, 1.82) is 0 Å². The van der Waals surface area contributed by atoms with Gasteiger partial charge in [0.15, 0.2) is 0 Å². The van der Waals surface area contributed by atoms with Gasteiger partial charge in [-0.05, 0) is 0 Å². The molecule has 2 amide bonds. The molecule has 0 aliphatic carbocycles. The third-order valence-electron chi connectivity index (χ3n) is 1.06. The maximum Gasteiger partial charge on any atom is 0.227 e. The normalized spacial score (nSPS) is 8.30. The van der Waals surface area contributed by atoms with Gasteiger partial charge in [-0.1, -0.05) is 68.7 Å². The van der Waals surface area contributed by atoms with Crippen molar-refractivity contribution < 1.29 is 14.4 Å². The Labute approximate surface area is 126 Å². The molecule has 124 valence electrons. The molecule has 0 heterocycles. The van der Waals surface area contributed by atoms with E-state index < -0.39 is 11.8 Å². The molecule has 0 bridgehead atoms. The number of rotatable bonds is 3. The van der Waals surface area contributed by atoms with E-state index in [1.54, 1.807) is 6.92 Å². The molecular formula is C16H37NO3. The van der Waals surface area contributed by atoms with E-state index in [1.165, 1.54) is 13.3 Å². The number of amides is 2. The van der Waals surface area contributed by atoms with Crippen molar-refractivity contribution >= 4 is 18.1 Å². The lowest BCUT2D eigenvalue weighted by Crippen LogP contribution is -2.29. The van der Waals surface area contributed by atoms with E-state index in [4.69, 9.17) is 0 Å². The summed E-state index contributed by atoms with van der Waals surface area (Å²) in [6.07, 6.45) is 2.00. The van der Waals surface area contributed by atoms with Crippen molar-refractivity contribution in [3.05, 3.63) is 0 Å². The van der Waals surface area contributed by atoms with Crippen LogP contribution in [-0.2, 0) is 14.4 Å². The predicted molar refractivity (Wildman–Crippen MR) is 88.7 cm³/mol. The maximum absolute atomic E-state index is 10.7. The van der Waals surface area contributed by atoms with Crippen molar-refractivity contribution in [2.45, 2.75) is 82.1 Å². The highest BCUT2D eigenvalue weighted by atomic mass is 16.2. The van der Waals surface area contributed by atoms with Gasteiger partial charge in [0.05, 0.1) is 0 Å². The number of aldehydes is 1. The largest absolute Gasteiger partial charge is 0.303 e. The highest BCUT2D eigenvalue weighted by molar-refractivity contribution is 5.94. The minimum absolute atomic E-state index is 0.0725. The van der Waals surface area contributed by atoms with Gasteiger partial charge >= 0.3 is 0 Å². The van der Waals surface area contributed by atoms with Gasteiger partial charge in [0, 0.05) is 19.3 Å². The topological polar surface area (TPSA) is 63.2 Å². The molecule has 0 saturated carbocycles. The molecule has 0 aliphatic heterocycles. The van der Waals surface area contributed by atoms with Crippen molar-refractivity contribution in [3.63, 3.8) is 0 Å². The van der Waals surface area contributed by atoms with Crippen LogP contribution < -0.4 is 5.32 Å². The molecule has 1 N–H and O–H groups in total. The second-order valence-corrected chi connectivity index (χ2v) is 3.13. The Bertz CT molecular complexity index is 192. The quantitative estimate of drug-likeness (QED) is 0.785. The van der Waals surface area contributed by atoms with Crippen LogP contribution in [0.4, 0.5) is 0 Å². The van der Waals surface area contributed by atoms with Gasteiger partial charge in [0.25, 0.3) is 0 Å². The molecule has 0 spiro atoms. The zero-order valence-corrected chi connectivity index (χ0v) is 15.3. The summed E-state index contributed by atoms with van der Waals surface area (Å²) < 4.78 is 0. The first-order chi connectivity index (χ1) is 9.47. The summed E-state index contributed by atoms with van der Waals surface area (Å²) in [6, 6.07) is 0. The summed E-state index contributed by atoms with van der Waals surface area (Å²) in [6.45, 7) is 19.1. The second kappa shape index (κ2) is 36.1. The third kappa shape index (κ3) is 54.1. The van der Waals surface area contributed by atoms with Crippen molar-refractivity contribution in [3.8, 4) is 0 Å². The standard InChI is InChI=1S/C7H11NO3.C3H8.3C2H6/c1-5(4-9)3-7(11)8-6(2)10;1-3-2;3*1-2/h4-5H,3H2,1-2H3,(H,8,10,11);3H2,1-2H3;3*1-2H3. The fourth-order valence-electron chi connectivity index (χ4n) is 0.588. The fourth-order valence-corrected chi connectivity index (χ4v) is 0.588. The van der Waals surface area contributed by atoms with Crippen molar-refractivity contribution in [1.82, 2.24) is 5.32 Å². The molecule has 4 heteroatoms. The van der Waals surface area contributed by atoms with Gasteiger partial charge < -0.3 is 4.79 Å². The van der Waals surface area contributed by atoms with Crippen LogP contribution in [0, 0.1) is 5.92 Å². The molecule has 0 rings (SSSR count). The van der Waals surface area contributed by atoms with Crippen LogP contribution in [0.5, 0.6) is 0 Å². The first kappa shape index (κ1) is 31.3. The van der Waals surface area contributed by atoms with E-state index in [9.17, 15) is 14.4 Å². The molecule has 0 fully saturated rings. The molecular weight excluding hydrogens is 254 g/mol. The summed E-state index contributed by atoms with van der Waals surface area (Å²) in [5, 5.41) is 2.07. The fraction of sp³-hybridized carbons (Fsp3) is 0.812. The molecule has 20 heavy (non-hydrogen) atoms. The number of carbonyl (C=O) groups is 3. The van der Waals surface area contributed by atoms with Gasteiger partial charge in [-0.3, -0.25) is 14.9 Å². The Morgan fingerprint density at radius 2 is 1.30 bits per heavy atom. The van der Waals surface area contributed by atoms with Crippen molar-refractivity contribution in [2.75, 3.05) is 0 Å². The van der Waals surface area contributed by atoms with Crippen LogP contribution in [-0.4, -0.2) is 18.1 Å². The van der Waals surface area contributed by atoms with E-state index >= 15 is 0 Å². The smallest absolute Gasteiger partial charge is 0.227 e. The Morgan fingerprint density at radius 3 is 1.50 bits per heavy atom. The molecule has 0 aromatic carbocycles. The minimum Gasteiger partial charge on any atom is -0.303 e. The number of carbonyl (C=O) groups excluding carboxylic acids is 3. The van der Waals surface area contributed by atoms with Crippen LogP contribution in [0.25, 0.3) is 0 Å². The Morgan fingerprint density at radius 1 is 1.00 bits per heavy atom. The zero-order chi connectivity index (χ0) is 17.6. The maximum atomic E-state index is 10.7. The number of hydrogen-bond acceptors (Lipinski definition) is 3. The van der Waals surface area contributed by atoms with Gasteiger partial charge in [-0.2, -0.15) is 0 Å². The lowest BCUT2D eigenvalue weighted by atomic mass is 10.1. The van der Waals surface area contributed by atoms with Crippen LogP contribution >= 0.6 is 0 Å². The van der Waals surface area contributed by atoms with Crippen LogP contribution in [0.15, 0.2) is 0 Å². The highest BCUT2D eigenvalue weighted by Crippen LogP contribution is 1.95.